The number of aryl methyl sites for hydroxylation is 2. The van der Waals surface area contributed by atoms with Crippen molar-refractivity contribution in [1.82, 2.24) is 24.7 Å². The number of allylic oxidation sites excluding steroid dienone is 1. The number of pyridine rings is 1. The molecule has 0 spiro atoms. The normalized spacial score (nSPS) is 21.5. The molecular weight excluding hydrogens is 431 g/mol. The fourth-order valence-corrected chi connectivity index (χ4v) is 4.35. The first-order valence-electron chi connectivity index (χ1n) is 11.3. The molecule has 1 aliphatic carbocycles. The molecule has 3 aromatic rings. The Morgan fingerprint density at radius 3 is 2.79 bits per heavy atom. The second kappa shape index (κ2) is 8.52. The van der Waals surface area contributed by atoms with Crippen LogP contribution in [0.3, 0.4) is 0 Å². The van der Waals surface area contributed by atoms with Crippen LogP contribution < -0.4 is 0 Å². The topological polar surface area (TPSA) is 65.7 Å². The largest absolute Gasteiger partial charge is 0.412 e. The number of nitrogens with zero attached hydrogens (tertiary/aromatic N) is 5. The first-order valence-corrected chi connectivity index (χ1v) is 11.3. The quantitative estimate of drug-likeness (QED) is 0.454. The number of fused-ring (bicyclic) bond motifs is 1. The highest BCUT2D eigenvalue weighted by atomic mass is 19.4. The molecule has 0 aromatic carbocycles. The van der Waals surface area contributed by atoms with Gasteiger partial charge in [0.1, 0.15) is 5.52 Å². The van der Waals surface area contributed by atoms with Gasteiger partial charge in [0.05, 0.1) is 35.2 Å². The summed E-state index contributed by atoms with van der Waals surface area (Å²) in [6, 6.07) is 2.44. The Bertz CT molecular complexity index is 1180. The smallest absolute Gasteiger partial charge is 0.373 e. The summed E-state index contributed by atoms with van der Waals surface area (Å²) in [4.78, 5) is 13.8. The molecule has 2 atom stereocenters. The molecule has 0 N–H and O–H groups in total. The average Bonchev–Trinajstić information content (AvgIpc) is 3.52. The van der Waals surface area contributed by atoms with Gasteiger partial charge in [0.25, 0.3) is 0 Å². The van der Waals surface area contributed by atoms with Crippen LogP contribution in [-0.4, -0.2) is 37.5 Å². The Labute approximate surface area is 189 Å². The van der Waals surface area contributed by atoms with Gasteiger partial charge in [-0.2, -0.15) is 18.3 Å². The van der Waals surface area contributed by atoms with Gasteiger partial charge >= 0.3 is 6.18 Å². The number of hydrogen-bond acceptors (Lipinski definition) is 5. The monoisotopic (exact) mass is 457 g/mol. The molecule has 2 aliphatic rings. The highest BCUT2D eigenvalue weighted by Crippen LogP contribution is 2.40. The highest BCUT2D eigenvalue weighted by molar-refractivity contribution is 5.77. The zero-order valence-corrected chi connectivity index (χ0v) is 18.5. The molecule has 6 nitrogen and oxygen atoms in total. The van der Waals surface area contributed by atoms with Gasteiger partial charge in [-0.25, -0.2) is 4.98 Å². The molecule has 1 saturated heterocycles. The zero-order chi connectivity index (χ0) is 23.2. The lowest BCUT2D eigenvalue weighted by Crippen LogP contribution is -2.20. The van der Waals surface area contributed by atoms with Crippen LogP contribution in [-0.2, 0) is 11.2 Å². The lowest BCUT2D eigenvalue weighted by molar-refractivity contribution is -0.0935. The van der Waals surface area contributed by atoms with Gasteiger partial charge < -0.3 is 4.74 Å². The number of ether oxygens (including phenoxy) is 1. The molecular formula is C24H26F3N5O. The number of hydrogen-bond donors (Lipinski definition) is 0. The van der Waals surface area contributed by atoms with Gasteiger partial charge in [0, 0.05) is 41.7 Å². The molecule has 4 heterocycles. The van der Waals surface area contributed by atoms with E-state index in [1.54, 1.807) is 6.20 Å². The van der Waals surface area contributed by atoms with Crippen molar-refractivity contribution in [3.8, 4) is 0 Å². The number of aromatic nitrogens is 5. The maximum absolute atomic E-state index is 13.0. The summed E-state index contributed by atoms with van der Waals surface area (Å²) in [6.07, 6.45) is 4.84. The molecule has 174 valence electrons. The van der Waals surface area contributed by atoms with Crippen molar-refractivity contribution in [2.75, 3.05) is 6.61 Å². The SMILES string of the molecule is C=C(CCc1nc([C@@H]2CCO[C@@H](c3cnn(C4CC4)c3)C2)cc2nc(C)cnc12)C(F)(F)F. The van der Waals surface area contributed by atoms with E-state index in [0.717, 1.165) is 29.8 Å². The molecule has 1 aliphatic heterocycles. The third-order valence-electron chi connectivity index (χ3n) is 6.42. The maximum atomic E-state index is 13.0. The molecule has 0 amide bonds. The third kappa shape index (κ3) is 4.78. The minimum Gasteiger partial charge on any atom is -0.373 e. The standard InChI is InChI=1S/C24H26F3N5O/c1-14(24(25,26)27)3-6-19-23-21(30-15(2)11-28-23)10-20(31-19)16-7-8-33-22(9-16)17-12-29-32(13-17)18-4-5-18/h10-13,16,18,22H,1,3-9H2,2H3/t16-,22-/m1/s1. The first kappa shape index (κ1) is 22.0. The molecule has 0 unspecified atom stereocenters. The second-order valence-corrected chi connectivity index (χ2v) is 9.04. The second-order valence-electron chi connectivity index (χ2n) is 9.04. The lowest BCUT2D eigenvalue weighted by atomic mass is 9.89. The highest BCUT2D eigenvalue weighted by Gasteiger charge is 2.32. The summed E-state index contributed by atoms with van der Waals surface area (Å²) in [7, 11) is 0. The van der Waals surface area contributed by atoms with Crippen molar-refractivity contribution in [1.29, 1.82) is 0 Å². The van der Waals surface area contributed by atoms with Crippen molar-refractivity contribution < 1.29 is 17.9 Å². The van der Waals surface area contributed by atoms with E-state index in [0.29, 0.717) is 29.4 Å². The number of halogens is 3. The van der Waals surface area contributed by atoms with Crippen molar-refractivity contribution >= 4 is 11.0 Å². The van der Waals surface area contributed by atoms with Crippen molar-refractivity contribution in [3.05, 3.63) is 59.5 Å². The molecule has 33 heavy (non-hydrogen) atoms. The predicted molar refractivity (Wildman–Crippen MR) is 117 cm³/mol. The Morgan fingerprint density at radius 1 is 1.21 bits per heavy atom. The first-order chi connectivity index (χ1) is 15.8. The van der Waals surface area contributed by atoms with E-state index in [1.165, 1.54) is 12.8 Å². The van der Waals surface area contributed by atoms with Crippen molar-refractivity contribution in [2.45, 2.75) is 69.7 Å². The molecule has 3 aromatic heterocycles. The number of alkyl halides is 3. The Hall–Kier alpha value is -2.81. The summed E-state index contributed by atoms with van der Waals surface area (Å²) < 4.78 is 47.0. The summed E-state index contributed by atoms with van der Waals surface area (Å²) in [5.74, 6) is 0.115. The average molecular weight is 458 g/mol. The van der Waals surface area contributed by atoms with Crippen LogP contribution in [0.2, 0.25) is 0 Å². The Kier molecular flexibility index (Phi) is 5.68. The molecule has 5 rings (SSSR count). The van der Waals surface area contributed by atoms with Crippen LogP contribution in [0.25, 0.3) is 11.0 Å². The lowest BCUT2D eigenvalue weighted by Gasteiger charge is -2.29. The summed E-state index contributed by atoms with van der Waals surface area (Å²) in [6.45, 7) is 5.63. The summed E-state index contributed by atoms with van der Waals surface area (Å²) >= 11 is 0. The van der Waals surface area contributed by atoms with Gasteiger partial charge in [-0.15, -0.1) is 0 Å². The maximum Gasteiger partial charge on any atom is 0.412 e. The van der Waals surface area contributed by atoms with E-state index in [4.69, 9.17) is 9.72 Å². The van der Waals surface area contributed by atoms with E-state index >= 15 is 0 Å². The summed E-state index contributed by atoms with van der Waals surface area (Å²) in [5, 5.41) is 4.48. The van der Waals surface area contributed by atoms with Crippen LogP contribution in [0.5, 0.6) is 0 Å². The van der Waals surface area contributed by atoms with E-state index < -0.39 is 11.7 Å². The van der Waals surface area contributed by atoms with E-state index in [-0.39, 0.29) is 24.9 Å². The Morgan fingerprint density at radius 2 is 2.03 bits per heavy atom. The molecule has 0 bridgehead atoms. The Balaban J connectivity index is 1.42. The van der Waals surface area contributed by atoms with E-state index in [9.17, 15) is 13.2 Å². The van der Waals surface area contributed by atoms with Gasteiger partial charge in [-0.3, -0.25) is 14.6 Å². The number of rotatable bonds is 6. The molecule has 1 saturated carbocycles. The predicted octanol–water partition coefficient (Wildman–Crippen LogP) is 5.55. The van der Waals surface area contributed by atoms with E-state index in [2.05, 4.69) is 27.8 Å². The van der Waals surface area contributed by atoms with E-state index in [1.807, 2.05) is 23.9 Å². The minimum atomic E-state index is -4.41. The minimum absolute atomic E-state index is 0.0780. The van der Waals surface area contributed by atoms with Gasteiger partial charge in [0.15, 0.2) is 0 Å². The van der Waals surface area contributed by atoms with Gasteiger partial charge in [0.2, 0.25) is 0 Å². The van der Waals surface area contributed by atoms with Crippen LogP contribution in [0.15, 0.2) is 36.8 Å². The molecule has 0 radical (unpaired) electrons. The summed E-state index contributed by atoms with van der Waals surface area (Å²) in [5.41, 5.74) is 3.63. The van der Waals surface area contributed by atoms with Crippen LogP contribution in [0.4, 0.5) is 13.2 Å². The van der Waals surface area contributed by atoms with Crippen LogP contribution >= 0.6 is 0 Å². The van der Waals surface area contributed by atoms with Gasteiger partial charge in [-0.1, -0.05) is 6.58 Å². The molecule has 2 fully saturated rings. The zero-order valence-electron chi connectivity index (χ0n) is 18.5. The van der Waals surface area contributed by atoms with Crippen LogP contribution in [0.1, 0.15) is 72.8 Å². The fraction of sp³-hybridized carbons (Fsp3) is 0.500. The van der Waals surface area contributed by atoms with Gasteiger partial charge in [-0.05, 0) is 51.5 Å². The molecule has 9 heteroatoms. The third-order valence-corrected chi connectivity index (χ3v) is 6.42. The fourth-order valence-electron chi connectivity index (χ4n) is 4.35. The van der Waals surface area contributed by atoms with Crippen LogP contribution in [0, 0.1) is 6.92 Å². The van der Waals surface area contributed by atoms with Crippen molar-refractivity contribution in [3.63, 3.8) is 0 Å². The van der Waals surface area contributed by atoms with Crippen molar-refractivity contribution in [2.24, 2.45) is 0 Å².